The number of carbonyl (C=O) groups is 1. The molecule has 0 saturated carbocycles. The van der Waals surface area contributed by atoms with Gasteiger partial charge in [-0.3, -0.25) is 4.79 Å². The second-order valence-corrected chi connectivity index (χ2v) is 0.822. The lowest BCUT2D eigenvalue weighted by molar-refractivity contribution is -0.122. The first-order chi connectivity index (χ1) is 3.83. The predicted octanol–water partition coefficient (Wildman–Crippen LogP) is -0.674. The third-order valence-corrected chi connectivity index (χ3v) is 0.295. The minimum absolute atomic E-state index is 0.122. The van der Waals surface area contributed by atoms with Crippen molar-refractivity contribution in [3.05, 3.63) is 0 Å². The number of aliphatic hydroxyl groups excluding tert-OH is 1. The van der Waals surface area contributed by atoms with Gasteiger partial charge in [0.1, 0.15) is 0 Å². The normalized spacial score (nSPS) is 6.75. The molecule has 0 aromatic heterocycles. The van der Waals surface area contributed by atoms with Crippen LogP contribution in [0.3, 0.4) is 0 Å². The van der Waals surface area contributed by atoms with Gasteiger partial charge in [0, 0.05) is 7.11 Å². The van der Waals surface area contributed by atoms with Crippen molar-refractivity contribution in [3.63, 3.8) is 0 Å². The van der Waals surface area contributed by atoms with Gasteiger partial charge in [-0.1, -0.05) is 0 Å². The molecule has 0 radical (unpaired) electrons. The van der Waals surface area contributed by atoms with Gasteiger partial charge in [0.2, 0.25) is 0 Å². The van der Waals surface area contributed by atoms with Gasteiger partial charge in [-0.05, 0) is 0 Å². The summed E-state index contributed by atoms with van der Waals surface area (Å²) in [5.74, 6) is 0. The van der Waals surface area contributed by atoms with Gasteiger partial charge < -0.3 is 14.9 Å². The van der Waals surface area contributed by atoms with Crippen molar-refractivity contribution in [2.75, 3.05) is 20.3 Å². The van der Waals surface area contributed by atoms with Crippen LogP contribution in [0.15, 0.2) is 0 Å². The average molecular weight is 122 g/mol. The maximum atomic E-state index is 8.36. The molecule has 0 aromatic rings. The van der Waals surface area contributed by atoms with Crippen LogP contribution in [0.5, 0.6) is 0 Å². The fourth-order valence-electron chi connectivity index (χ4n) is 0.0913. The van der Waals surface area contributed by atoms with E-state index in [0.29, 0.717) is 6.61 Å². The van der Waals surface area contributed by atoms with E-state index in [-0.39, 0.29) is 13.1 Å². The topological polar surface area (TPSA) is 66.8 Å². The standard InChI is InChI=1S/C3H8O2.CH2O2/c1-5-3-2-4;2-1-3/h4H,2-3H2,1H3;1H,(H,2,3). The zero-order chi connectivity index (χ0) is 6.83. The van der Waals surface area contributed by atoms with E-state index in [2.05, 4.69) is 4.74 Å². The van der Waals surface area contributed by atoms with Crippen molar-refractivity contribution in [1.82, 2.24) is 0 Å². The number of rotatable bonds is 2. The molecular formula is C4H10O4. The summed E-state index contributed by atoms with van der Waals surface area (Å²) in [7, 11) is 1.55. The molecule has 0 spiro atoms. The Bertz CT molecular complexity index is 35.0. The predicted molar refractivity (Wildman–Crippen MR) is 27.7 cm³/mol. The Kier molecular flexibility index (Phi) is 21.0. The maximum Gasteiger partial charge on any atom is 0.290 e. The molecule has 4 heteroatoms. The molecule has 0 atom stereocenters. The summed E-state index contributed by atoms with van der Waals surface area (Å²) in [6.45, 7) is 0.316. The monoisotopic (exact) mass is 122 g/mol. The summed E-state index contributed by atoms with van der Waals surface area (Å²) in [6, 6.07) is 0. The van der Waals surface area contributed by atoms with Crippen LogP contribution in [0.25, 0.3) is 0 Å². The van der Waals surface area contributed by atoms with E-state index in [1.165, 1.54) is 0 Å². The molecule has 4 nitrogen and oxygen atoms in total. The lowest BCUT2D eigenvalue weighted by atomic mass is 10.8. The van der Waals surface area contributed by atoms with Crippen molar-refractivity contribution < 1.29 is 19.7 Å². The second kappa shape index (κ2) is 16.2. The average Bonchev–Trinajstić information content (AvgIpc) is 1.71. The summed E-state index contributed by atoms with van der Waals surface area (Å²) < 4.78 is 4.44. The molecular weight excluding hydrogens is 112 g/mol. The SMILES string of the molecule is COCCO.O=CO. The summed E-state index contributed by atoms with van der Waals surface area (Å²) in [5, 5.41) is 14.8. The van der Waals surface area contributed by atoms with Gasteiger partial charge in [0.05, 0.1) is 13.2 Å². The lowest BCUT2D eigenvalue weighted by Gasteiger charge is -1.84. The number of aliphatic hydroxyl groups is 1. The van der Waals surface area contributed by atoms with Crippen LogP contribution in [0, 0.1) is 0 Å². The van der Waals surface area contributed by atoms with Crippen molar-refractivity contribution >= 4 is 6.47 Å². The Morgan fingerprint density at radius 2 is 2.12 bits per heavy atom. The minimum Gasteiger partial charge on any atom is -0.483 e. The third-order valence-electron chi connectivity index (χ3n) is 0.295. The highest BCUT2D eigenvalue weighted by Crippen LogP contribution is 1.56. The number of carboxylic acid groups (broad SMARTS) is 1. The van der Waals surface area contributed by atoms with E-state index in [4.69, 9.17) is 15.0 Å². The molecule has 0 saturated heterocycles. The van der Waals surface area contributed by atoms with Crippen LogP contribution >= 0.6 is 0 Å². The first-order valence-electron chi connectivity index (χ1n) is 2.01. The van der Waals surface area contributed by atoms with Crippen molar-refractivity contribution in [1.29, 1.82) is 0 Å². The van der Waals surface area contributed by atoms with Crippen LogP contribution in [0.4, 0.5) is 0 Å². The van der Waals surface area contributed by atoms with Gasteiger partial charge >= 0.3 is 0 Å². The van der Waals surface area contributed by atoms with Crippen molar-refractivity contribution in [2.45, 2.75) is 0 Å². The van der Waals surface area contributed by atoms with E-state index in [9.17, 15) is 0 Å². The summed E-state index contributed by atoms with van der Waals surface area (Å²) in [6.07, 6.45) is 0. The number of hydrogen-bond donors (Lipinski definition) is 2. The Balaban J connectivity index is 0. The molecule has 0 heterocycles. The van der Waals surface area contributed by atoms with Crippen molar-refractivity contribution in [2.24, 2.45) is 0 Å². The fourth-order valence-corrected chi connectivity index (χ4v) is 0.0913. The molecule has 0 fully saturated rings. The Labute approximate surface area is 47.7 Å². The molecule has 0 aliphatic carbocycles. The summed E-state index contributed by atoms with van der Waals surface area (Å²) >= 11 is 0. The van der Waals surface area contributed by atoms with E-state index >= 15 is 0 Å². The lowest BCUT2D eigenvalue weighted by Crippen LogP contribution is -1.91. The van der Waals surface area contributed by atoms with Gasteiger partial charge in [-0.2, -0.15) is 0 Å². The van der Waals surface area contributed by atoms with Crippen LogP contribution < -0.4 is 0 Å². The fraction of sp³-hybridized carbons (Fsp3) is 0.750. The number of methoxy groups -OCH3 is 1. The summed E-state index contributed by atoms with van der Waals surface area (Å²) in [4.78, 5) is 8.36. The first-order valence-corrected chi connectivity index (χ1v) is 2.01. The van der Waals surface area contributed by atoms with Gasteiger partial charge in [-0.15, -0.1) is 0 Å². The van der Waals surface area contributed by atoms with E-state index in [1.807, 2.05) is 0 Å². The highest BCUT2D eigenvalue weighted by atomic mass is 16.5. The van der Waals surface area contributed by atoms with Crippen LogP contribution in [0.1, 0.15) is 0 Å². The number of ether oxygens (including phenoxy) is 1. The molecule has 0 rings (SSSR count). The molecule has 0 aliphatic heterocycles. The smallest absolute Gasteiger partial charge is 0.290 e. The van der Waals surface area contributed by atoms with Crippen LogP contribution in [-0.2, 0) is 9.53 Å². The Morgan fingerprint density at radius 3 is 2.12 bits per heavy atom. The molecule has 8 heavy (non-hydrogen) atoms. The molecule has 50 valence electrons. The van der Waals surface area contributed by atoms with E-state index in [1.54, 1.807) is 7.11 Å². The van der Waals surface area contributed by atoms with Gasteiger partial charge in [0.25, 0.3) is 6.47 Å². The molecule has 2 N–H and O–H groups in total. The number of hydrogen-bond acceptors (Lipinski definition) is 3. The van der Waals surface area contributed by atoms with Crippen LogP contribution in [0.2, 0.25) is 0 Å². The van der Waals surface area contributed by atoms with Crippen molar-refractivity contribution in [3.8, 4) is 0 Å². The molecule has 0 aromatic carbocycles. The Hall–Kier alpha value is -0.610. The largest absolute Gasteiger partial charge is 0.483 e. The van der Waals surface area contributed by atoms with Gasteiger partial charge in [0.15, 0.2) is 0 Å². The zero-order valence-electron chi connectivity index (χ0n) is 4.70. The zero-order valence-corrected chi connectivity index (χ0v) is 4.70. The summed E-state index contributed by atoms with van der Waals surface area (Å²) in [5.41, 5.74) is 0. The highest BCUT2D eigenvalue weighted by Gasteiger charge is 1.67. The van der Waals surface area contributed by atoms with E-state index < -0.39 is 0 Å². The Morgan fingerprint density at radius 1 is 1.75 bits per heavy atom. The maximum absolute atomic E-state index is 8.36. The van der Waals surface area contributed by atoms with Crippen LogP contribution in [-0.4, -0.2) is 37.0 Å². The quantitative estimate of drug-likeness (QED) is 0.476. The molecule has 0 unspecified atom stereocenters. The first kappa shape index (κ1) is 10.4. The second-order valence-electron chi connectivity index (χ2n) is 0.822. The van der Waals surface area contributed by atoms with Gasteiger partial charge in [-0.25, -0.2) is 0 Å². The minimum atomic E-state index is -0.250. The molecule has 0 aliphatic rings. The molecule has 0 bridgehead atoms. The third kappa shape index (κ3) is 53.8. The molecule has 0 amide bonds. The van der Waals surface area contributed by atoms with E-state index in [0.717, 1.165) is 0 Å². The highest BCUT2D eigenvalue weighted by molar-refractivity contribution is 5.32.